The predicted octanol–water partition coefficient (Wildman–Crippen LogP) is 2.41. The van der Waals surface area contributed by atoms with Crippen LogP contribution in [0.4, 0.5) is 0 Å². The summed E-state index contributed by atoms with van der Waals surface area (Å²) >= 11 is 6.05. The molecule has 1 N–H and O–H groups in total. The van der Waals surface area contributed by atoms with Crippen molar-refractivity contribution in [3.8, 4) is 0 Å². The first-order chi connectivity index (χ1) is 9.24. The van der Waals surface area contributed by atoms with Crippen LogP contribution in [-0.2, 0) is 4.79 Å². The number of benzene rings is 1. The monoisotopic (exact) mass is 278 g/mol. The number of halogens is 1. The molecular formula is C15H19ClN2O. The Hall–Kier alpha value is -1.06. The van der Waals surface area contributed by atoms with Crippen molar-refractivity contribution in [2.45, 2.75) is 31.2 Å². The van der Waals surface area contributed by atoms with Crippen LogP contribution in [0.5, 0.6) is 0 Å². The van der Waals surface area contributed by atoms with E-state index in [1.165, 1.54) is 5.56 Å². The lowest BCUT2D eigenvalue weighted by molar-refractivity contribution is -0.127. The van der Waals surface area contributed by atoms with Crippen molar-refractivity contribution in [3.05, 3.63) is 34.9 Å². The highest BCUT2D eigenvalue weighted by Crippen LogP contribution is 2.31. The molecule has 0 aliphatic carbocycles. The summed E-state index contributed by atoms with van der Waals surface area (Å²) in [4.78, 5) is 14.2. The van der Waals surface area contributed by atoms with Gasteiger partial charge < -0.3 is 5.32 Å². The molecule has 0 spiro atoms. The number of carbonyl (C=O) groups excluding carboxylic acids is 1. The van der Waals surface area contributed by atoms with Gasteiger partial charge in [0.15, 0.2) is 0 Å². The number of likely N-dealkylation sites (tertiary alicyclic amines) is 1. The number of carbonyl (C=O) groups is 1. The number of nitrogens with zero attached hydrogens (tertiary/aromatic N) is 1. The average Bonchev–Trinajstić information content (AvgIpc) is 2.89. The molecule has 0 bridgehead atoms. The molecule has 2 unspecified atom stereocenters. The molecule has 2 heterocycles. The number of nitrogens with one attached hydrogen (secondary N) is 1. The fourth-order valence-electron chi connectivity index (χ4n) is 3.21. The minimum Gasteiger partial charge on any atom is -0.355 e. The largest absolute Gasteiger partial charge is 0.355 e. The second kappa shape index (κ2) is 5.51. The van der Waals surface area contributed by atoms with Gasteiger partial charge in [0, 0.05) is 18.1 Å². The van der Waals surface area contributed by atoms with Crippen LogP contribution in [0.15, 0.2) is 24.3 Å². The summed E-state index contributed by atoms with van der Waals surface area (Å²) in [6.07, 6.45) is 3.20. The predicted molar refractivity (Wildman–Crippen MR) is 76.4 cm³/mol. The maximum absolute atomic E-state index is 11.9. The Labute approximate surface area is 118 Å². The third-order valence-electron chi connectivity index (χ3n) is 4.24. The van der Waals surface area contributed by atoms with E-state index in [1.807, 2.05) is 12.1 Å². The SMILES string of the molecule is O=C1NCCCC1N1CCC(c2cccc(Cl)c2)C1. The molecule has 1 aromatic rings. The molecule has 102 valence electrons. The van der Waals surface area contributed by atoms with E-state index in [2.05, 4.69) is 22.3 Å². The van der Waals surface area contributed by atoms with Gasteiger partial charge in [0.2, 0.25) is 5.91 Å². The molecule has 2 atom stereocenters. The number of rotatable bonds is 2. The van der Waals surface area contributed by atoms with Crippen LogP contribution in [0, 0.1) is 0 Å². The fourth-order valence-corrected chi connectivity index (χ4v) is 3.41. The average molecular weight is 279 g/mol. The zero-order chi connectivity index (χ0) is 13.2. The van der Waals surface area contributed by atoms with Gasteiger partial charge in [-0.2, -0.15) is 0 Å². The summed E-state index contributed by atoms with van der Waals surface area (Å²) in [6, 6.07) is 8.19. The van der Waals surface area contributed by atoms with Gasteiger partial charge in [-0.1, -0.05) is 23.7 Å². The quantitative estimate of drug-likeness (QED) is 0.901. The van der Waals surface area contributed by atoms with Crippen LogP contribution in [0.2, 0.25) is 5.02 Å². The van der Waals surface area contributed by atoms with Crippen molar-refractivity contribution in [1.29, 1.82) is 0 Å². The number of hydrogen-bond acceptors (Lipinski definition) is 2. The Balaban J connectivity index is 1.68. The number of amides is 1. The second-order valence-corrected chi connectivity index (χ2v) is 5.92. The molecule has 2 aliphatic rings. The Morgan fingerprint density at radius 3 is 3.00 bits per heavy atom. The van der Waals surface area contributed by atoms with Gasteiger partial charge in [0.25, 0.3) is 0 Å². The number of piperidine rings is 1. The van der Waals surface area contributed by atoms with Crippen molar-refractivity contribution in [1.82, 2.24) is 10.2 Å². The smallest absolute Gasteiger partial charge is 0.237 e. The molecule has 1 amide bonds. The van der Waals surface area contributed by atoms with E-state index in [0.717, 1.165) is 43.9 Å². The summed E-state index contributed by atoms with van der Waals surface area (Å²) in [6.45, 7) is 2.81. The maximum atomic E-state index is 11.9. The summed E-state index contributed by atoms with van der Waals surface area (Å²) in [5.74, 6) is 0.714. The van der Waals surface area contributed by atoms with Gasteiger partial charge in [-0.25, -0.2) is 0 Å². The fraction of sp³-hybridized carbons (Fsp3) is 0.533. The molecule has 0 saturated carbocycles. The van der Waals surface area contributed by atoms with E-state index in [4.69, 9.17) is 11.6 Å². The molecule has 0 radical (unpaired) electrons. The van der Waals surface area contributed by atoms with Gasteiger partial charge >= 0.3 is 0 Å². The van der Waals surface area contributed by atoms with Crippen molar-refractivity contribution >= 4 is 17.5 Å². The standard InChI is InChI=1S/C15H19ClN2O/c16-13-4-1-3-11(9-13)12-6-8-18(10-12)14-5-2-7-17-15(14)19/h1,3-4,9,12,14H,2,5-8,10H2,(H,17,19). The molecule has 2 aliphatic heterocycles. The van der Waals surface area contributed by atoms with Gasteiger partial charge in [-0.05, 0) is 49.4 Å². The first-order valence-corrected chi connectivity index (χ1v) is 7.39. The topological polar surface area (TPSA) is 32.3 Å². The van der Waals surface area contributed by atoms with Crippen LogP contribution in [-0.4, -0.2) is 36.5 Å². The summed E-state index contributed by atoms with van der Waals surface area (Å²) in [7, 11) is 0. The Morgan fingerprint density at radius 1 is 1.32 bits per heavy atom. The van der Waals surface area contributed by atoms with Gasteiger partial charge in [-0.15, -0.1) is 0 Å². The Bertz CT molecular complexity index is 477. The van der Waals surface area contributed by atoms with Crippen LogP contribution in [0.25, 0.3) is 0 Å². The van der Waals surface area contributed by atoms with Crippen molar-refractivity contribution in [3.63, 3.8) is 0 Å². The van der Waals surface area contributed by atoms with Crippen molar-refractivity contribution in [2.75, 3.05) is 19.6 Å². The lowest BCUT2D eigenvalue weighted by atomic mass is 9.98. The molecule has 4 heteroatoms. The van der Waals surface area contributed by atoms with Crippen molar-refractivity contribution < 1.29 is 4.79 Å². The van der Waals surface area contributed by atoms with E-state index < -0.39 is 0 Å². The Morgan fingerprint density at radius 2 is 2.21 bits per heavy atom. The molecule has 1 aromatic carbocycles. The van der Waals surface area contributed by atoms with Gasteiger partial charge in [0.1, 0.15) is 0 Å². The summed E-state index contributed by atoms with van der Waals surface area (Å²) in [5, 5.41) is 3.77. The van der Waals surface area contributed by atoms with E-state index >= 15 is 0 Å². The molecule has 0 aromatic heterocycles. The van der Waals surface area contributed by atoms with Crippen molar-refractivity contribution in [2.24, 2.45) is 0 Å². The van der Waals surface area contributed by atoms with Gasteiger partial charge in [0.05, 0.1) is 6.04 Å². The third-order valence-corrected chi connectivity index (χ3v) is 4.47. The van der Waals surface area contributed by atoms with Crippen LogP contribution in [0.1, 0.15) is 30.7 Å². The molecule has 2 saturated heterocycles. The van der Waals surface area contributed by atoms with E-state index in [9.17, 15) is 4.79 Å². The molecule has 3 rings (SSSR count). The molecule has 3 nitrogen and oxygen atoms in total. The van der Waals surface area contributed by atoms with E-state index in [0.29, 0.717) is 5.92 Å². The minimum absolute atomic E-state index is 0.0814. The first kappa shape index (κ1) is 12.9. The number of hydrogen-bond donors (Lipinski definition) is 1. The highest BCUT2D eigenvalue weighted by atomic mass is 35.5. The lowest BCUT2D eigenvalue weighted by Crippen LogP contribution is -2.49. The third kappa shape index (κ3) is 2.77. The normalized spacial score (nSPS) is 28.4. The second-order valence-electron chi connectivity index (χ2n) is 5.48. The van der Waals surface area contributed by atoms with E-state index in [-0.39, 0.29) is 11.9 Å². The maximum Gasteiger partial charge on any atom is 0.237 e. The highest BCUT2D eigenvalue weighted by Gasteiger charge is 2.34. The lowest BCUT2D eigenvalue weighted by Gasteiger charge is -2.30. The zero-order valence-electron chi connectivity index (χ0n) is 10.9. The van der Waals surface area contributed by atoms with Crippen LogP contribution >= 0.6 is 11.6 Å². The molecular weight excluding hydrogens is 260 g/mol. The molecule has 19 heavy (non-hydrogen) atoms. The van der Waals surface area contributed by atoms with Crippen LogP contribution < -0.4 is 5.32 Å². The zero-order valence-corrected chi connectivity index (χ0v) is 11.7. The minimum atomic E-state index is 0.0814. The van der Waals surface area contributed by atoms with Gasteiger partial charge in [-0.3, -0.25) is 9.69 Å². The van der Waals surface area contributed by atoms with E-state index in [1.54, 1.807) is 0 Å². The summed E-state index contributed by atoms with van der Waals surface area (Å²) in [5.41, 5.74) is 1.30. The Kier molecular flexibility index (Phi) is 3.76. The highest BCUT2D eigenvalue weighted by molar-refractivity contribution is 6.30. The first-order valence-electron chi connectivity index (χ1n) is 7.01. The van der Waals surface area contributed by atoms with Crippen LogP contribution in [0.3, 0.4) is 0 Å². The summed E-state index contributed by atoms with van der Waals surface area (Å²) < 4.78 is 0. The molecule has 2 fully saturated rings.